The molecular weight excluding hydrogens is 1010 g/mol. The van der Waals surface area contributed by atoms with Gasteiger partial charge in [-0.25, -0.2) is 14.4 Å². The summed E-state index contributed by atoms with van der Waals surface area (Å²) in [5.41, 5.74) is 1.64. The van der Waals surface area contributed by atoms with Gasteiger partial charge in [0.05, 0.1) is 0 Å². The Morgan fingerprint density at radius 2 is 1.01 bits per heavy atom. The maximum absolute atomic E-state index is 14.1. The molecule has 1 saturated heterocycles. The summed E-state index contributed by atoms with van der Waals surface area (Å²) in [5.74, 6) is -5.58. The number of carbonyl (C=O) groups excluding carboxylic acids is 7. The molecule has 23 heteroatoms. The molecule has 432 valence electrons. The summed E-state index contributed by atoms with van der Waals surface area (Å²) in [7, 11) is 0. The van der Waals surface area contributed by atoms with E-state index in [4.69, 9.17) is 5.11 Å². The Hall–Kier alpha value is -7.14. The summed E-state index contributed by atoms with van der Waals surface area (Å²) in [6, 6.07) is 12.7. The van der Waals surface area contributed by atoms with E-state index in [2.05, 4.69) is 42.5 Å². The number of amides is 8. The molecule has 0 saturated carbocycles. The van der Waals surface area contributed by atoms with E-state index in [0.717, 1.165) is 49.9 Å². The Labute approximate surface area is 457 Å². The van der Waals surface area contributed by atoms with Crippen LogP contribution in [-0.2, 0) is 56.0 Å². The first-order chi connectivity index (χ1) is 37.5. The quantitative estimate of drug-likeness (QED) is 0.0468. The van der Waals surface area contributed by atoms with Crippen LogP contribution in [0.2, 0.25) is 0 Å². The Bertz CT molecular complexity index is 2190. The summed E-state index contributed by atoms with van der Waals surface area (Å²) >= 11 is 0. The second-order valence-corrected chi connectivity index (χ2v) is 19.5. The molecule has 4 unspecified atom stereocenters. The van der Waals surface area contributed by atoms with Crippen LogP contribution in [0.4, 0.5) is 4.79 Å². The minimum Gasteiger partial charge on any atom is -0.481 e. The third kappa shape index (κ3) is 28.8. The molecule has 0 aliphatic carbocycles. The van der Waals surface area contributed by atoms with Gasteiger partial charge >= 0.3 is 23.9 Å². The Morgan fingerprint density at radius 3 is 1.62 bits per heavy atom. The fraction of sp³-hybridized carbons (Fsp3) is 0.600. The summed E-state index contributed by atoms with van der Waals surface area (Å²) < 4.78 is 0. The third-order valence-corrected chi connectivity index (χ3v) is 13.1. The van der Waals surface area contributed by atoms with Gasteiger partial charge in [0.25, 0.3) is 0 Å². The predicted octanol–water partition coefficient (Wildman–Crippen LogP) is 2.08. The van der Waals surface area contributed by atoms with Crippen LogP contribution in [0.25, 0.3) is 0 Å². The number of hydrogen-bond acceptors (Lipinski definition) is 12. The molecule has 1 aliphatic heterocycles. The number of carbonyl (C=O) groups is 10. The van der Waals surface area contributed by atoms with Crippen molar-refractivity contribution in [2.75, 3.05) is 65.4 Å². The van der Waals surface area contributed by atoms with Crippen LogP contribution in [0.5, 0.6) is 0 Å². The molecule has 1 heterocycles. The third-order valence-electron chi connectivity index (χ3n) is 13.1. The smallest absolute Gasteiger partial charge is 0.326 e. The molecule has 8 amide bonds. The first-order valence-electron chi connectivity index (χ1n) is 27.4. The lowest BCUT2D eigenvalue weighted by Gasteiger charge is -2.26. The lowest BCUT2D eigenvalue weighted by Crippen LogP contribution is -2.55. The van der Waals surface area contributed by atoms with E-state index in [-0.39, 0.29) is 81.5 Å². The largest absolute Gasteiger partial charge is 0.481 e. The summed E-state index contributed by atoms with van der Waals surface area (Å²) in [5, 5.41) is 50.1. The zero-order valence-electron chi connectivity index (χ0n) is 45.2. The average molecular weight is 1090 g/mol. The molecule has 0 radical (unpaired) electrons. The number of unbranched alkanes of at least 4 members (excludes halogenated alkanes) is 5. The van der Waals surface area contributed by atoms with Crippen LogP contribution in [0.15, 0.2) is 60.7 Å². The van der Waals surface area contributed by atoms with Crippen molar-refractivity contribution in [2.45, 2.75) is 147 Å². The second kappa shape index (κ2) is 38.4. The van der Waals surface area contributed by atoms with Gasteiger partial charge in [0, 0.05) is 97.8 Å². The zero-order chi connectivity index (χ0) is 56.9. The molecule has 4 atom stereocenters. The molecule has 0 aromatic heterocycles. The van der Waals surface area contributed by atoms with Crippen LogP contribution in [0.3, 0.4) is 0 Å². The maximum atomic E-state index is 14.1. The van der Waals surface area contributed by atoms with Crippen molar-refractivity contribution in [3.8, 4) is 0 Å². The number of benzene rings is 2. The lowest BCUT2D eigenvalue weighted by molar-refractivity contribution is -0.141. The van der Waals surface area contributed by atoms with Crippen molar-refractivity contribution in [1.29, 1.82) is 0 Å². The molecular formula is C55H84N10O13. The Kier molecular flexibility index (Phi) is 32.1. The number of hydrogen-bond donors (Lipinski definition) is 11. The van der Waals surface area contributed by atoms with Crippen LogP contribution in [-0.4, -0.2) is 174 Å². The van der Waals surface area contributed by atoms with Crippen LogP contribution in [0.1, 0.15) is 121 Å². The van der Waals surface area contributed by atoms with Gasteiger partial charge in [0.15, 0.2) is 0 Å². The van der Waals surface area contributed by atoms with Crippen molar-refractivity contribution in [3.63, 3.8) is 0 Å². The topological polar surface area (TPSA) is 334 Å². The van der Waals surface area contributed by atoms with Gasteiger partial charge in [0.1, 0.15) is 24.2 Å². The van der Waals surface area contributed by atoms with Crippen LogP contribution < -0.4 is 42.5 Å². The Morgan fingerprint density at radius 1 is 0.487 bits per heavy atom. The highest BCUT2D eigenvalue weighted by atomic mass is 16.4. The summed E-state index contributed by atoms with van der Waals surface area (Å²) in [4.78, 5) is 129. The number of nitrogens with zero attached hydrogens (tertiary/aromatic N) is 2. The number of rotatable bonds is 32. The minimum atomic E-state index is -1.51. The maximum Gasteiger partial charge on any atom is 0.326 e. The zero-order valence-corrected chi connectivity index (χ0v) is 45.2. The number of nitrogens with one attached hydrogen (secondary N) is 8. The molecule has 2 aromatic rings. The predicted molar refractivity (Wildman–Crippen MR) is 291 cm³/mol. The summed E-state index contributed by atoms with van der Waals surface area (Å²) in [6.07, 6.45) is 6.14. The molecule has 78 heavy (non-hydrogen) atoms. The molecule has 0 spiro atoms. The normalized spacial score (nSPS) is 14.9. The van der Waals surface area contributed by atoms with Gasteiger partial charge in [-0.3, -0.25) is 33.6 Å². The molecule has 1 fully saturated rings. The van der Waals surface area contributed by atoms with E-state index in [1.807, 2.05) is 60.7 Å². The van der Waals surface area contributed by atoms with Crippen LogP contribution >= 0.6 is 0 Å². The molecule has 1 aliphatic rings. The number of aliphatic carboxylic acids is 3. The second-order valence-electron chi connectivity index (χ2n) is 19.5. The van der Waals surface area contributed by atoms with E-state index in [1.165, 1.54) is 0 Å². The lowest BCUT2D eigenvalue weighted by atomic mass is 10.0. The highest BCUT2D eigenvalue weighted by Crippen LogP contribution is 2.11. The van der Waals surface area contributed by atoms with E-state index in [0.29, 0.717) is 77.9 Å². The van der Waals surface area contributed by atoms with E-state index >= 15 is 0 Å². The molecule has 11 N–H and O–H groups in total. The summed E-state index contributed by atoms with van der Waals surface area (Å²) in [6.45, 7) is 7.25. The van der Waals surface area contributed by atoms with Crippen molar-refractivity contribution >= 4 is 59.4 Å². The van der Waals surface area contributed by atoms with Gasteiger partial charge in [-0.15, -0.1) is 0 Å². The van der Waals surface area contributed by atoms with E-state index in [9.17, 15) is 58.2 Å². The SMILES string of the molecule is CC(=O)N1CCCN(C(=O)CCCC(=O)NC(Cc2ccccc2)C(=O)NC(Cc2ccccc2)C(=O)NCCCCCCCC(=O)NCCCCC(NC(=O)NC(CCC(=O)O)C(=O)O)C(=O)O)CCNCCCNCC1. The average Bonchev–Trinajstić information content (AvgIpc) is 3.40. The number of carboxylic acid groups (broad SMARTS) is 3. The van der Waals surface area contributed by atoms with Gasteiger partial charge in [-0.2, -0.15) is 0 Å². The molecule has 23 nitrogen and oxygen atoms in total. The van der Waals surface area contributed by atoms with Gasteiger partial charge in [-0.05, 0) is 82.0 Å². The van der Waals surface area contributed by atoms with Gasteiger partial charge < -0.3 is 67.7 Å². The fourth-order valence-electron chi connectivity index (χ4n) is 8.68. The van der Waals surface area contributed by atoms with Crippen LogP contribution in [0, 0.1) is 0 Å². The van der Waals surface area contributed by atoms with Crippen molar-refractivity contribution < 1.29 is 63.3 Å². The van der Waals surface area contributed by atoms with Crippen molar-refractivity contribution in [3.05, 3.63) is 71.8 Å². The molecule has 3 rings (SSSR count). The number of urea groups is 1. The Balaban J connectivity index is 1.44. The highest BCUT2D eigenvalue weighted by Gasteiger charge is 2.28. The molecule has 2 aromatic carbocycles. The van der Waals surface area contributed by atoms with Gasteiger partial charge in [-0.1, -0.05) is 79.9 Å². The van der Waals surface area contributed by atoms with Crippen molar-refractivity contribution in [1.82, 2.24) is 52.3 Å². The van der Waals surface area contributed by atoms with Gasteiger partial charge in [0.2, 0.25) is 35.4 Å². The van der Waals surface area contributed by atoms with Crippen molar-refractivity contribution in [2.24, 2.45) is 0 Å². The van der Waals surface area contributed by atoms with E-state index < -0.39 is 66.3 Å². The molecule has 0 bridgehead atoms. The standard InChI is InChI=1S/C55H84N10O13/c1-40(66)64-34-17-35-65(37-33-57-29-16-28-56-32-36-64)49(69)25-15-24-48(68)60-46(39-42-20-9-6-10-21-42)52(73)61-45(38-41-18-7-5-8-19-41)51(72)59-31-13-4-2-3-11-23-47(67)58-30-14-12-22-43(53(74)75)62-55(78)63-44(54(76)77)26-27-50(70)71/h5-10,18-21,43-46,56-57H,2-4,11-17,22-39H2,1H3,(H,58,67)(H,59,72)(H,60,68)(H,61,73)(H,70,71)(H,74,75)(H,76,77)(H2,62,63,78). The first-order valence-corrected chi connectivity index (χ1v) is 27.4. The minimum absolute atomic E-state index is 0.00811. The highest BCUT2D eigenvalue weighted by molar-refractivity contribution is 5.92. The first kappa shape index (κ1) is 65.1. The fourth-order valence-corrected chi connectivity index (χ4v) is 8.68. The number of carboxylic acids is 3. The monoisotopic (exact) mass is 1090 g/mol. The van der Waals surface area contributed by atoms with E-state index in [1.54, 1.807) is 16.7 Å².